The van der Waals surface area contributed by atoms with Crippen LogP contribution in [-0.4, -0.2) is 35.7 Å². The van der Waals surface area contributed by atoms with Crippen molar-refractivity contribution in [1.29, 1.82) is 0 Å². The van der Waals surface area contributed by atoms with E-state index in [2.05, 4.69) is 10.6 Å². The van der Waals surface area contributed by atoms with E-state index >= 15 is 0 Å². The summed E-state index contributed by atoms with van der Waals surface area (Å²) in [6.45, 7) is 5.55. The van der Waals surface area contributed by atoms with E-state index in [1.807, 2.05) is 45.0 Å². The minimum atomic E-state index is -0.561. The van der Waals surface area contributed by atoms with Crippen molar-refractivity contribution in [2.75, 3.05) is 11.9 Å². The number of rotatable bonds is 6. The number of para-hydroxylation sites is 1. The van der Waals surface area contributed by atoms with Crippen molar-refractivity contribution in [2.24, 2.45) is 5.92 Å². The number of thioether (sulfide) groups is 1. The largest absolute Gasteiger partial charge is 0.456 e. The average Bonchev–Trinajstić information content (AvgIpc) is 2.53. The first-order valence-corrected chi connectivity index (χ1v) is 8.76. The number of esters is 1. The Bertz CT molecular complexity index is 633. The van der Waals surface area contributed by atoms with Gasteiger partial charge >= 0.3 is 5.97 Å². The van der Waals surface area contributed by atoms with Gasteiger partial charge in [-0.25, -0.2) is 0 Å². The van der Waals surface area contributed by atoms with Crippen LogP contribution in [0.5, 0.6) is 0 Å². The monoisotopic (exact) mass is 350 g/mol. The maximum atomic E-state index is 12.0. The molecule has 0 radical (unpaired) electrons. The zero-order chi connectivity index (χ0) is 17.7. The van der Waals surface area contributed by atoms with Gasteiger partial charge in [-0.15, -0.1) is 11.8 Å². The first-order chi connectivity index (χ1) is 11.4. The second-order valence-corrected chi connectivity index (χ2v) is 7.30. The highest BCUT2D eigenvalue weighted by Gasteiger charge is 2.29. The molecule has 1 aliphatic heterocycles. The predicted octanol–water partition coefficient (Wildman–Crippen LogP) is 2.19. The van der Waals surface area contributed by atoms with Crippen LogP contribution in [0.15, 0.2) is 29.2 Å². The van der Waals surface area contributed by atoms with Crippen molar-refractivity contribution < 1.29 is 19.1 Å². The highest BCUT2D eigenvalue weighted by atomic mass is 32.2. The molecule has 0 aromatic heterocycles. The van der Waals surface area contributed by atoms with Crippen LogP contribution in [-0.2, 0) is 19.1 Å². The summed E-state index contributed by atoms with van der Waals surface area (Å²) in [5, 5.41) is 4.98. The average molecular weight is 350 g/mol. The fraction of sp³-hybridized carbons (Fsp3) is 0.471. The Labute approximate surface area is 145 Å². The van der Waals surface area contributed by atoms with E-state index < -0.39 is 11.2 Å². The topological polar surface area (TPSA) is 84.5 Å². The van der Waals surface area contributed by atoms with Crippen molar-refractivity contribution >= 4 is 35.2 Å². The summed E-state index contributed by atoms with van der Waals surface area (Å²) in [4.78, 5) is 36.6. The second-order valence-electron chi connectivity index (χ2n) is 6.06. The number of carbonyl (C=O) groups is 3. The van der Waals surface area contributed by atoms with Crippen molar-refractivity contribution in [3.63, 3.8) is 0 Å². The van der Waals surface area contributed by atoms with Gasteiger partial charge in [-0.2, -0.15) is 0 Å². The Kier molecular flexibility index (Phi) is 6.25. The van der Waals surface area contributed by atoms with Gasteiger partial charge in [-0.1, -0.05) is 26.0 Å². The van der Waals surface area contributed by atoms with Gasteiger partial charge in [0.05, 0.1) is 17.4 Å². The summed E-state index contributed by atoms with van der Waals surface area (Å²) in [6, 6.07) is 7.42. The third-order valence-electron chi connectivity index (χ3n) is 3.81. The normalized spacial score (nSPS) is 17.7. The van der Waals surface area contributed by atoms with Crippen molar-refractivity contribution in [1.82, 2.24) is 5.32 Å². The molecule has 1 aliphatic rings. The highest BCUT2D eigenvalue weighted by Crippen LogP contribution is 2.36. The van der Waals surface area contributed by atoms with E-state index in [-0.39, 0.29) is 30.9 Å². The summed E-state index contributed by atoms with van der Waals surface area (Å²) in [5.41, 5.74) is 0.749. The molecule has 0 aliphatic carbocycles. The second kappa shape index (κ2) is 8.19. The Morgan fingerprint density at radius 1 is 1.29 bits per heavy atom. The maximum absolute atomic E-state index is 12.0. The number of ether oxygens (including phenoxy) is 1. The van der Waals surface area contributed by atoms with Crippen LogP contribution in [0, 0.1) is 5.92 Å². The molecular formula is C17H22N2O4S. The van der Waals surface area contributed by atoms with E-state index in [0.29, 0.717) is 5.92 Å². The number of hydrogen-bond acceptors (Lipinski definition) is 5. The number of amides is 2. The molecule has 0 fully saturated rings. The molecule has 0 saturated carbocycles. The number of benzene rings is 1. The summed E-state index contributed by atoms with van der Waals surface area (Å²) >= 11 is 1.33. The molecule has 2 amide bonds. The van der Waals surface area contributed by atoms with Crippen LogP contribution in [0.1, 0.15) is 27.2 Å². The summed E-state index contributed by atoms with van der Waals surface area (Å²) < 4.78 is 4.98. The molecule has 0 bridgehead atoms. The van der Waals surface area contributed by atoms with Gasteiger partial charge in [0.1, 0.15) is 0 Å². The van der Waals surface area contributed by atoms with Crippen LogP contribution in [0.3, 0.4) is 0 Å². The quantitative estimate of drug-likeness (QED) is 0.768. The Morgan fingerprint density at radius 2 is 2.00 bits per heavy atom. The lowest BCUT2D eigenvalue weighted by Gasteiger charge is -2.23. The molecule has 0 unspecified atom stereocenters. The molecule has 1 aromatic rings. The van der Waals surface area contributed by atoms with Gasteiger partial charge in [0.15, 0.2) is 6.61 Å². The Balaban J connectivity index is 1.81. The predicted molar refractivity (Wildman–Crippen MR) is 92.7 cm³/mol. The molecule has 1 heterocycles. The molecule has 130 valence electrons. The van der Waals surface area contributed by atoms with E-state index in [4.69, 9.17) is 4.74 Å². The molecule has 24 heavy (non-hydrogen) atoms. The van der Waals surface area contributed by atoms with E-state index in [0.717, 1.165) is 10.6 Å². The number of hydrogen-bond donors (Lipinski definition) is 2. The standard InChI is InChI=1S/C17H22N2O4S/c1-10(2)11(3)18-15(20)9-23-16(21)8-14-17(22)19-12-6-4-5-7-13(12)24-14/h4-7,10-11,14H,8-9H2,1-3H3,(H,18,20)(H,19,22)/t11-,14-/m1/s1. The molecular weight excluding hydrogens is 328 g/mol. The minimum Gasteiger partial charge on any atom is -0.456 e. The molecule has 7 heteroatoms. The van der Waals surface area contributed by atoms with Crippen LogP contribution in [0.2, 0.25) is 0 Å². The minimum absolute atomic E-state index is 0.00683. The number of nitrogens with one attached hydrogen (secondary N) is 2. The number of fused-ring (bicyclic) bond motifs is 1. The summed E-state index contributed by atoms with van der Waals surface area (Å²) in [7, 11) is 0. The van der Waals surface area contributed by atoms with Crippen molar-refractivity contribution in [2.45, 2.75) is 43.4 Å². The van der Waals surface area contributed by atoms with Gasteiger partial charge in [0.25, 0.3) is 5.91 Å². The van der Waals surface area contributed by atoms with Crippen molar-refractivity contribution in [3.05, 3.63) is 24.3 Å². The van der Waals surface area contributed by atoms with Crippen LogP contribution in [0.25, 0.3) is 0 Å². The zero-order valence-corrected chi connectivity index (χ0v) is 14.8. The Hall–Kier alpha value is -2.02. The third-order valence-corrected chi connectivity index (χ3v) is 5.09. The van der Waals surface area contributed by atoms with E-state index in [1.165, 1.54) is 11.8 Å². The SMILES string of the molecule is CC(C)[C@@H](C)NC(=O)COC(=O)C[C@H]1Sc2ccccc2NC1=O. The molecule has 2 N–H and O–H groups in total. The van der Waals surface area contributed by atoms with E-state index in [1.54, 1.807) is 0 Å². The number of carbonyl (C=O) groups excluding carboxylic acids is 3. The summed E-state index contributed by atoms with van der Waals surface area (Å²) in [5.74, 6) is -0.828. The third kappa shape index (κ3) is 4.99. The van der Waals surface area contributed by atoms with Crippen LogP contribution >= 0.6 is 11.8 Å². The van der Waals surface area contributed by atoms with Gasteiger partial charge in [-0.3, -0.25) is 14.4 Å². The maximum Gasteiger partial charge on any atom is 0.307 e. The molecule has 0 saturated heterocycles. The molecule has 2 rings (SSSR count). The Morgan fingerprint density at radius 3 is 2.71 bits per heavy atom. The molecule has 0 spiro atoms. The van der Waals surface area contributed by atoms with Gasteiger partial charge in [0, 0.05) is 10.9 Å². The fourth-order valence-corrected chi connectivity index (χ4v) is 3.14. The van der Waals surface area contributed by atoms with Gasteiger partial charge in [0.2, 0.25) is 5.91 Å². The lowest BCUT2D eigenvalue weighted by atomic mass is 10.1. The van der Waals surface area contributed by atoms with E-state index in [9.17, 15) is 14.4 Å². The highest BCUT2D eigenvalue weighted by molar-refractivity contribution is 8.01. The lowest BCUT2D eigenvalue weighted by Crippen LogP contribution is -2.39. The van der Waals surface area contributed by atoms with Gasteiger partial charge in [-0.05, 0) is 25.0 Å². The van der Waals surface area contributed by atoms with Gasteiger partial charge < -0.3 is 15.4 Å². The first-order valence-electron chi connectivity index (χ1n) is 7.88. The fourth-order valence-electron chi connectivity index (χ4n) is 2.05. The smallest absolute Gasteiger partial charge is 0.307 e. The zero-order valence-electron chi connectivity index (χ0n) is 14.0. The lowest BCUT2D eigenvalue weighted by molar-refractivity contribution is -0.149. The van der Waals surface area contributed by atoms with Crippen LogP contribution in [0.4, 0.5) is 5.69 Å². The molecule has 1 aromatic carbocycles. The first kappa shape index (κ1) is 18.3. The molecule has 2 atom stereocenters. The van der Waals surface area contributed by atoms with Crippen LogP contribution < -0.4 is 10.6 Å². The van der Waals surface area contributed by atoms with Crippen molar-refractivity contribution in [3.8, 4) is 0 Å². The summed E-state index contributed by atoms with van der Waals surface area (Å²) in [6.07, 6.45) is -0.0716. The number of anilines is 1. The molecule has 6 nitrogen and oxygen atoms in total.